The highest BCUT2D eigenvalue weighted by molar-refractivity contribution is 5.43. The van der Waals surface area contributed by atoms with Crippen molar-refractivity contribution in [3.05, 3.63) is 23.8 Å². The van der Waals surface area contributed by atoms with Crippen molar-refractivity contribution < 1.29 is 14.6 Å². The van der Waals surface area contributed by atoms with E-state index in [9.17, 15) is 5.11 Å². The summed E-state index contributed by atoms with van der Waals surface area (Å²) in [5.41, 5.74) is 0.460. The Bertz CT molecular complexity index is 428. The Morgan fingerprint density at radius 1 is 1.20 bits per heavy atom. The van der Waals surface area contributed by atoms with E-state index in [0.717, 1.165) is 37.8 Å². The summed E-state index contributed by atoms with van der Waals surface area (Å²) in [7, 11) is 3.55. The van der Waals surface area contributed by atoms with Gasteiger partial charge in [-0.05, 0) is 37.6 Å². The Labute approximate surface area is 121 Å². The molecular weight excluding hydrogens is 254 g/mol. The summed E-state index contributed by atoms with van der Waals surface area (Å²) in [6, 6.07) is 5.89. The summed E-state index contributed by atoms with van der Waals surface area (Å²) in [6.07, 6.45) is 5.02. The zero-order chi connectivity index (χ0) is 14.4. The molecule has 0 radical (unpaired) electrons. The molecule has 2 N–H and O–H groups in total. The summed E-state index contributed by atoms with van der Waals surface area (Å²) in [5.74, 6) is 1.42. The molecule has 20 heavy (non-hydrogen) atoms. The predicted molar refractivity (Wildman–Crippen MR) is 79.3 cm³/mol. The van der Waals surface area contributed by atoms with E-state index in [2.05, 4.69) is 5.32 Å². The monoisotopic (exact) mass is 279 g/mol. The van der Waals surface area contributed by atoms with Gasteiger partial charge in [0.1, 0.15) is 6.61 Å². The Balaban J connectivity index is 2.04. The SMILES string of the molecule is CNCc1ccc(OC)c(OCC2(O)CCCCC2)c1. The van der Waals surface area contributed by atoms with Gasteiger partial charge in [-0.1, -0.05) is 25.3 Å². The zero-order valence-corrected chi connectivity index (χ0v) is 12.4. The summed E-state index contributed by atoms with van der Waals surface area (Å²) in [4.78, 5) is 0. The van der Waals surface area contributed by atoms with E-state index in [1.807, 2.05) is 25.2 Å². The van der Waals surface area contributed by atoms with Gasteiger partial charge in [0.05, 0.1) is 12.7 Å². The number of rotatable bonds is 6. The van der Waals surface area contributed by atoms with Gasteiger partial charge in [0, 0.05) is 6.54 Å². The van der Waals surface area contributed by atoms with E-state index in [1.165, 1.54) is 6.42 Å². The topological polar surface area (TPSA) is 50.7 Å². The molecule has 0 bridgehead atoms. The van der Waals surface area contributed by atoms with E-state index in [1.54, 1.807) is 7.11 Å². The van der Waals surface area contributed by atoms with Crippen molar-refractivity contribution in [2.75, 3.05) is 20.8 Å². The van der Waals surface area contributed by atoms with Crippen LogP contribution < -0.4 is 14.8 Å². The van der Waals surface area contributed by atoms with Crippen molar-refractivity contribution in [3.8, 4) is 11.5 Å². The van der Waals surface area contributed by atoms with E-state index < -0.39 is 5.60 Å². The Morgan fingerprint density at radius 2 is 1.95 bits per heavy atom. The fourth-order valence-electron chi connectivity index (χ4n) is 2.71. The number of methoxy groups -OCH3 is 1. The van der Waals surface area contributed by atoms with Gasteiger partial charge < -0.3 is 19.9 Å². The average Bonchev–Trinajstić information content (AvgIpc) is 2.47. The Morgan fingerprint density at radius 3 is 2.60 bits per heavy atom. The quantitative estimate of drug-likeness (QED) is 0.840. The van der Waals surface area contributed by atoms with Gasteiger partial charge in [0.15, 0.2) is 11.5 Å². The number of hydrogen-bond acceptors (Lipinski definition) is 4. The largest absolute Gasteiger partial charge is 0.493 e. The molecule has 2 rings (SSSR count). The lowest BCUT2D eigenvalue weighted by Crippen LogP contribution is -2.37. The zero-order valence-electron chi connectivity index (χ0n) is 12.4. The fourth-order valence-corrected chi connectivity index (χ4v) is 2.71. The van der Waals surface area contributed by atoms with Gasteiger partial charge in [-0.15, -0.1) is 0 Å². The Kier molecular flexibility index (Phi) is 5.26. The molecule has 1 fully saturated rings. The summed E-state index contributed by atoms with van der Waals surface area (Å²) >= 11 is 0. The minimum absolute atomic E-state index is 0.340. The first-order chi connectivity index (χ1) is 9.67. The Hall–Kier alpha value is -1.26. The molecule has 1 aromatic carbocycles. The van der Waals surface area contributed by atoms with Gasteiger partial charge in [-0.3, -0.25) is 0 Å². The number of hydrogen-bond donors (Lipinski definition) is 2. The number of nitrogens with one attached hydrogen (secondary N) is 1. The number of benzene rings is 1. The average molecular weight is 279 g/mol. The molecule has 1 aromatic rings. The second kappa shape index (κ2) is 6.95. The fraction of sp³-hybridized carbons (Fsp3) is 0.625. The van der Waals surface area contributed by atoms with Crippen LogP contribution in [0.25, 0.3) is 0 Å². The van der Waals surface area contributed by atoms with Crippen molar-refractivity contribution in [1.82, 2.24) is 5.32 Å². The van der Waals surface area contributed by atoms with E-state index in [-0.39, 0.29) is 0 Å². The van der Waals surface area contributed by atoms with Crippen LogP contribution in [0, 0.1) is 0 Å². The molecule has 4 nitrogen and oxygen atoms in total. The van der Waals surface area contributed by atoms with Crippen LogP contribution in [0.15, 0.2) is 18.2 Å². The minimum Gasteiger partial charge on any atom is -0.493 e. The van der Waals surface area contributed by atoms with Crippen molar-refractivity contribution in [3.63, 3.8) is 0 Å². The lowest BCUT2D eigenvalue weighted by atomic mass is 9.85. The molecule has 1 aliphatic rings. The molecule has 0 aromatic heterocycles. The van der Waals surface area contributed by atoms with Crippen molar-refractivity contribution in [1.29, 1.82) is 0 Å². The molecule has 112 valence electrons. The minimum atomic E-state index is -0.678. The van der Waals surface area contributed by atoms with Crippen molar-refractivity contribution >= 4 is 0 Å². The molecule has 0 spiro atoms. The number of aliphatic hydroxyl groups is 1. The lowest BCUT2D eigenvalue weighted by molar-refractivity contribution is -0.0343. The first-order valence-electron chi connectivity index (χ1n) is 7.33. The molecule has 1 saturated carbocycles. The van der Waals surface area contributed by atoms with E-state index in [4.69, 9.17) is 9.47 Å². The maximum Gasteiger partial charge on any atom is 0.161 e. The van der Waals surface area contributed by atoms with Crippen LogP contribution in [0.5, 0.6) is 11.5 Å². The van der Waals surface area contributed by atoms with Crippen molar-refractivity contribution in [2.24, 2.45) is 0 Å². The normalized spacial score (nSPS) is 17.8. The predicted octanol–water partition coefficient (Wildman–Crippen LogP) is 2.49. The van der Waals surface area contributed by atoms with Crippen LogP contribution in [0.3, 0.4) is 0 Å². The molecule has 0 heterocycles. The molecule has 4 heteroatoms. The highest BCUT2D eigenvalue weighted by Gasteiger charge is 2.30. The molecule has 0 aliphatic heterocycles. The van der Waals surface area contributed by atoms with Gasteiger partial charge in [0.25, 0.3) is 0 Å². The second-order valence-corrected chi connectivity index (χ2v) is 5.59. The molecule has 1 aliphatic carbocycles. The maximum atomic E-state index is 10.5. The van der Waals surface area contributed by atoms with Crippen LogP contribution >= 0.6 is 0 Å². The third kappa shape index (κ3) is 3.87. The third-order valence-corrected chi connectivity index (χ3v) is 3.89. The lowest BCUT2D eigenvalue weighted by Gasteiger charge is -2.31. The first-order valence-corrected chi connectivity index (χ1v) is 7.33. The third-order valence-electron chi connectivity index (χ3n) is 3.89. The first kappa shape index (κ1) is 15.1. The molecular formula is C16H25NO3. The maximum absolute atomic E-state index is 10.5. The van der Waals surface area contributed by atoms with Crippen LogP contribution in [-0.4, -0.2) is 31.5 Å². The van der Waals surface area contributed by atoms with Crippen molar-refractivity contribution in [2.45, 2.75) is 44.2 Å². The molecule has 0 saturated heterocycles. The van der Waals surface area contributed by atoms with E-state index in [0.29, 0.717) is 18.1 Å². The van der Waals surface area contributed by atoms with Gasteiger partial charge in [-0.2, -0.15) is 0 Å². The highest BCUT2D eigenvalue weighted by atomic mass is 16.5. The summed E-state index contributed by atoms with van der Waals surface area (Å²) < 4.78 is 11.2. The standard InChI is InChI=1S/C16H25NO3/c1-17-11-13-6-7-14(19-2)15(10-13)20-12-16(18)8-4-3-5-9-16/h6-7,10,17-18H,3-5,8-9,11-12H2,1-2H3. The van der Waals surface area contributed by atoms with Crippen LogP contribution in [0.4, 0.5) is 0 Å². The highest BCUT2D eigenvalue weighted by Crippen LogP contribution is 2.32. The molecule has 0 atom stereocenters. The van der Waals surface area contributed by atoms with E-state index >= 15 is 0 Å². The van der Waals surface area contributed by atoms with Gasteiger partial charge >= 0.3 is 0 Å². The van der Waals surface area contributed by atoms with Gasteiger partial charge in [0.2, 0.25) is 0 Å². The van der Waals surface area contributed by atoms with Crippen LogP contribution in [0.2, 0.25) is 0 Å². The second-order valence-electron chi connectivity index (χ2n) is 5.59. The summed E-state index contributed by atoms with van der Waals surface area (Å²) in [5, 5.41) is 13.6. The summed E-state index contributed by atoms with van der Waals surface area (Å²) in [6.45, 7) is 1.12. The molecule has 0 unspecified atom stereocenters. The van der Waals surface area contributed by atoms with Crippen LogP contribution in [0.1, 0.15) is 37.7 Å². The molecule has 0 amide bonds. The number of ether oxygens (including phenoxy) is 2. The van der Waals surface area contributed by atoms with Crippen LogP contribution in [-0.2, 0) is 6.54 Å². The smallest absolute Gasteiger partial charge is 0.161 e. The van der Waals surface area contributed by atoms with Gasteiger partial charge in [-0.25, -0.2) is 0 Å².